The molecule has 0 saturated carbocycles. The highest BCUT2D eigenvalue weighted by molar-refractivity contribution is 9.10. The van der Waals surface area contributed by atoms with Gasteiger partial charge in [0.25, 0.3) is 5.91 Å². The van der Waals surface area contributed by atoms with Crippen LogP contribution in [-0.2, 0) is 0 Å². The number of rotatable bonds is 5. The molecule has 2 aromatic heterocycles. The van der Waals surface area contributed by atoms with Crippen molar-refractivity contribution in [3.63, 3.8) is 0 Å². The van der Waals surface area contributed by atoms with Crippen molar-refractivity contribution >= 4 is 39.3 Å². The second-order valence-electron chi connectivity index (χ2n) is 5.48. The maximum absolute atomic E-state index is 13.1. The third-order valence-electron chi connectivity index (χ3n) is 3.93. The molecule has 0 saturated heterocycles. The lowest BCUT2D eigenvalue weighted by atomic mass is 10.1. The summed E-state index contributed by atoms with van der Waals surface area (Å²) in [4.78, 5) is 19.0. The van der Waals surface area contributed by atoms with Gasteiger partial charge in [0.15, 0.2) is 0 Å². The first-order valence-electron chi connectivity index (χ1n) is 7.99. The van der Waals surface area contributed by atoms with Gasteiger partial charge in [0.05, 0.1) is 23.4 Å². The number of carbonyl (C=O) groups excluding carboxylic acids is 1. The molecule has 0 aliphatic rings. The second kappa shape index (κ2) is 7.93. The zero-order valence-corrected chi connectivity index (χ0v) is 16.7. The van der Waals surface area contributed by atoms with Crippen molar-refractivity contribution in [2.75, 3.05) is 18.6 Å². The molecule has 3 aromatic rings. The van der Waals surface area contributed by atoms with Crippen LogP contribution >= 0.6 is 27.5 Å². The SMILES string of the molecule is CCN(C(=O)c1cc(Cl)c(-n2cccc2)cc1OC)c1ccc(Br)cn1. The fourth-order valence-electron chi connectivity index (χ4n) is 2.65. The van der Waals surface area contributed by atoms with E-state index in [9.17, 15) is 4.79 Å². The van der Waals surface area contributed by atoms with Crippen LogP contribution in [0.5, 0.6) is 5.75 Å². The molecule has 26 heavy (non-hydrogen) atoms. The lowest BCUT2D eigenvalue weighted by molar-refractivity contribution is 0.0984. The molecule has 2 heterocycles. The number of nitrogens with zero attached hydrogens (tertiary/aromatic N) is 3. The number of pyridine rings is 1. The zero-order chi connectivity index (χ0) is 18.7. The average Bonchev–Trinajstić information content (AvgIpc) is 3.18. The Morgan fingerprint density at radius 3 is 2.62 bits per heavy atom. The van der Waals surface area contributed by atoms with E-state index in [1.165, 1.54) is 7.11 Å². The molecular formula is C19H17BrClN3O2. The number of aromatic nitrogens is 2. The smallest absolute Gasteiger partial charge is 0.263 e. The molecule has 0 atom stereocenters. The van der Waals surface area contributed by atoms with Crippen molar-refractivity contribution in [1.29, 1.82) is 0 Å². The highest BCUT2D eigenvalue weighted by atomic mass is 79.9. The molecule has 7 heteroatoms. The molecule has 3 rings (SSSR count). The topological polar surface area (TPSA) is 47.4 Å². The number of benzene rings is 1. The van der Waals surface area contributed by atoms with Crippen molar-refractivity contribution in [2.45, 2.75) is 6.92 Å². The van der Waals surface area contributed by atoms with Gasteiger partial charge in [-0.1, -0.05) is 11.6 Å². The second-order valence-corrected chi connectivity index (χ2v) is 6.80. The Balaban J connectivity index is 2.03. The summed E-state index contributed by atoms with van der Waals surface area (Å²) in [6.07, 6.45) is 5.42. The van der Waals surface area contributed by atoms with Crippen molar-refractivity contribution < 1.29 is 9.53 Å². The van der Waals surface area contributed by atoms with E-state index in [1.54, 1.807) is 29.3 Å². The van der Waals surface area contributed by atoms with Gasteiger partial charge in [-0.3, -0.25) is 9.69 Å². The van der Waals surface area contributed by atoms with E-state index in [-0.39, 0.29) is 5.91 Å². The van der Waals surface area contributed by atoms with E-state index in [0.29, 0.717) is 28.7 Å². The molecule has 5 nitrogen and oxygen atoms in total. The molecule has 0 N–H and O–H groups in total. The third kappa shape index (κ3) is 3.61. The standard InChI is InChI=1S/C19H17BrClN3O2/c1-3-24(18-7-6-13(20)12-22-18)19(25)14-10-15(21)16(11-17(14)26-2)23-8-4-5-9-23/h4-12H,3H2,1-2H3. The van der Waals surface area contributed by atoms with E-state index in [4.69, 9.17) is 16.3 Å². The number of ether oxygens (including phenoxy) is 1. The fraction of sp³-hybridized carbons (Fsp3) is 0.158. The summed E-state index contributed by atoms with van der Waals surface area (Å²) in [5, 5.41) is 0.463. The van der Waals surface area contributed by atoms with Crippen LogP contribution in [0.25, 0.3) is 5.69 Å². The molecule has 1 amide bonds. The zero-order valence-electron chi connectivity index (χ0n) is 14.3. The summed E-state index contributed by atoms with van der Waals surface area (Å²) in [7, 11) is 1.54. The average molecular weight is 435 g/mol. The molecule has 1 aromatic carbocycles. The van der Waals surface area contributed by atoms with Crippen LogP contribution < -0.4 is 9.64 Å². The fourth-order valence-corrected chi connectivity index (χ4v) is 3.15. The third-order valence-corrected chi connectivity index (χ3v) is 4.70. The predicted octanol–water partition coefficient (Wildman–Crippen LogP) is 4.96. The molecule has 0 unspecified atom stereocenters. The van der Waals surface area contributed by atoms with E-state index < -0.39 is 0 Å². The molecule has 0 bridgehead atoms. The van der Waals surface area contributed by atoms with Crippen molar-refractivity contribution in [1.82, 2.24) is 9.55 Å². The van der Waals surface area contributed by atoms with E-state index in [0.717, 1.165) is 10.2 Å². The van der Waals surface area contributed by atoms with Crippen molar-refractivity contribution in [2.24, 2.45) is 0 Å². The molecule has 0 radical (unpaired) electrons. The minimum absolute atomic E-state index is 0.222. The van der Waals surface area contributed by atoms with Gasteiger partial charge in [0.2, 0.25) is 0 Å². The largest absolute Gasteiger partial charge is 0.496 e. The predicted molar refractivity (Wildman–Crippen MR) is 107 cm³/mol. The quantitative estimate of drug-likeness (QED) is 0.570. The minimum atomic E-state index is -0.222. The summed E-state index contributed by atoms with van der Waals surface area (Å²) in [6, 6.07) is 10.8. The van der Waals surface area contributed by atoms with Crippen molar-refractivity contribution in [3.8, 4) is 11.4 Å². The Hall–Kier alpha value is -2.31. The summed E-state index contributed by atoms with van der Waals surface area (Å²) in [5.74, 6) is 0.798. The normalized spacial score (nSPS) is 10.6. The summed E-state index contributed by atoms with van der Waals surface area (Å²) < 4.78 is 8.18. The maximum atomic E-state index is 13.1. The number of hydrogen-bond acceptors (Lipinski definition) is 3. The highest BCUT2D eigenvalue weighted by Crippen LogP contribution is 2.31. The number of methoxy groups -OCH3 is 1. The molecule has 134 valence electrons. The maximum Gasteiger partial charge on any atom is 0.263 e. The van der Waals surface area contributed by atoms with Gasteiger partial charge < -0.3 is 9.30 Å². The van der Waals surface area contributed by atoms with Gasteiger partial charge in [0, 0.05) is 35.7 Å². The van der Waals surface area contributed by atoms with Gasteiger partial charge in [-0.2, -0.15) is 0 Å². The lowest BCUT2D eigenvalue weighted by Gasteiger charge is -2.22. The van der Waals surface area contributed by atoms with Crippen molar-refractivity contribution in [3.05, 3.63) is 70.0 Å². The summed E-state index contributed by atoms with van der Waals surface area (Å²) in [6.45, 7) is 2.36. The van der Waals surface area contributed by atoms with Gasteiger partial charge in [0.1, 0.15) is 11.6 Å². The van der Waals surface area contributed by atoms with E-state index in [1.807, 2.05) is 42.1 Å². The Kier molecular flexibility index (Phi) is 5.64. The first-order valence-corrected chi connectivity index (χ1v) is 9.16. The Bertz CT molecular complexity index is 911. The number of anilines is 1. The van der Waals surface area contributed by atoms with E-state index in [2.05, 4.69) is 20.9 Å². The van der Waals surface area contributed by atoms with Crippen LogP contribution in [-0.4, -0.2) is 29.1 Å². The number of carbonyl (C=O) groups is 1. The minimum Gasteiger partial charge on any atom is -0.496 e. The van der Waals surface area contributed by atoms with Crippen LogP contribution in [0, 0.1) is 0 Å². The van der Waals surface area contributed by atoms with Crippen LogP contribution in [0.2, 0.25) is 5.02 Å². The first kappa shape index (κ1) is 18.5. The number of amides is 1. The Morgan fingerprint density at radius 1 is 1.31 bits per heavy atom. The molecule has 0 aliphatic carbocycles. The van der Waals surface area contributed by atoms with Gasteiger partial charge in [-0.25, -0.2) is 4.98 Å². The summed E-state index contributed by atoms with van der Waals surface area (Å²) >= 11 is 9.79. The molecule has 0 spiro atoms. The molecule has 0 aliphatic heterocycles. The van der Waals surface area contributed by atoms with E-state index >= 15 is 0 Å². The van der Waals surface area contributed by atoms with Gasteiger partial charge in [-0.15, -0.1) is 0 Å². The van der Waals surface area contributed by atoms with Gasteiger partial charge >= 0.3 is 0 Å². The van der Waals surface area contributed by atoms with Crippen LogP contribution in [0.3, 0.4) is 0 Å². The lowest BCUT2D eigenvalue weighted by Crippen LogP contribution is -2.31. The monoisotopic (exact) mass is 433 g/mol. The molecular weight excluding hydrogens is 418 g/mol. The molecule has 0 fully saturated rings. The van der Waals surface area contributed by atoms with Gasteiger partial charge in [-0.05, 0) is 53.2 Å². The Labute approximate surface area is 165 Å². The van der Waals surface area contributed by atoms with Crippen LogP contribution in [0.4, 0.5) is 5.82 Å². The highest BCUT2D eigenvalue weighted by Gasteiger charge is 2.23. The number of halogens is 2. The number of hydrogen-bond donors (Lipinski definition) is 0. The van der Waals surface area contributed by atoms with Crippen LogP contribution in [0.1, 0.15) is 17.3 Å². The first-order chi connectivity index (χ1) is 12.5. The summed E-state index contributed by atoms with van der Waals surface area (Å²) in [5.41, 5.74) is 1.13. The Morgan fingerprint density at radius 2 is 2.04 bits per heavy atom. The van der Waals surface area contributed by atoms with Crippen LogP contribution in [0.15, 0.2) is 59.5 Å².